The molecule has 0 fully saturated rings. The van der Waals surface area contributed by atoms with Crippen LogP contribution >= 0.6 is 0 Å². The number of aromatic nitrogens is 2. The van der Waals surface area contributed by atoms with Gasteiger partial charge < -0.3 is 15.7 Å². The second kappa shape index (κ2) is 6.27. The fourth-order valence-electron chi connectivity index (χ4n) is 1.19. The average molecular weight is 224 g/mol. The summed E-state index contributed by atoms with van der Waals surface area (Å²) in [5.41, 5.74) is 0.974. The van der Waals surface area contributed by atoms with E-state index in [4.69, 9.17) is 5.11 Å². The van der Waals surface area contributed by atoms with E-state index in [-0.39, 0.29) is 12.6 Å². The number of hydrogen-bond donors (Lipinski definition) is 3. The third-order valence-electron chi connectivity index (χ3n) is 2.16. The Morgan fingerprint density at radius 2 is 2.25 bits per heavy atom. The molecule has 1 unspecified atom stereocenters. The lowest BCUT2D eigenvalue weighted by Crippen LogP contribution is -2.21. The van der Waals surface area contributed by atoms with Gasteiger partial charge >= 0.3 is 0 Å². The molecule has 0 amide bonds. The van der Waals surface area contributed by atoms with Crippen LogP contribution in [0.5, 0.6) is 0 Å². The summed E-state index contributed by atoms with van der Waals surface area (Å²) >= 11 is 0. The number of anilines is 2. The monoisotopic (exact) mass is 224 g/mol. The molecule has 0 aliphatic rings. The average Bonchev–Trinajstić information content (AvgIpc) is 2.30. The molecule has 5 nitrogen and oxygen atoms in total. The van der Waals surface area contributed by atoms with Crippen LogP contribution in [0.2, 0.25) is 0 Å². The highest BCUT2D eigenvalue weighted by atomic mass is 16.3. The van der Waals surface area contributed by atoms with E-state index in [1.807, 2.05) is 13.8 Å². The highest BCUT2D eigenvalue weighted by Crippen LogP contribution is 2.13. The van der Waals surface area contributed by atoms with Crippen LogP contribution in [0.3, 0.4) is 0 Å². The number of aliphatic hydroxyl groups is 1. The molecule has 1 atom stereocenters. The van der Waals surface area contributed by atoms with Crippen molar-refractivity contribution in [3.8, 4) is 0 Å². The molecule has 0 spiro atoms. The van der Waals surface area contributed by atoms with Gasteiger partial charge in [-0.1, -0.05) is 6.92 Å². The van der Waals surface area contributed by atoms with E-state index in [0.29, 0.717) is 5.95 Å². The van der Waals surface area contributed by atoms with Crippen molar-refractivity contribution >= 4 is 11.8 Å². The van der Waals surface area contributed by atoms with Gasteiger partial charge in [-0.25, -0.2) is 4.98 Å². The summed E-state index contributed by atoms with van der Waals surface area (Å²) < 4.78 is 0. The molecule has 0 aromatic carbocycles. The molecule has 5 heteroatoms. The zero-order chi connectivity index (χ0) is 12.0. The Hall–Kier alpha value is -1.36. The Morgan fingerprint density at radius 3 is 2.88 bits per heavy atom. The van der Waals surface area contributed by atoms with Gasteiger partial charge in [-0.3, -0.25) is 0 Å². The summed E-state index contributed by atoms with van der Waals surface area (Å²) in [5.74, 6) is 1.40. The van der Waals surface area contributed by atoms with Crippen molar-refractivity contribution in [2.24, 2.45) is 0 Å². The first-order valence-corrected chi connectivity index (χ1v) is 5.62. The van der Waals surface area contributed by atoms with Crippen LogP contribution in [0.15, 0.2) is 6.20 Å². The fraction of sp³-hybridized carbons (Fsp3) is 0.636. The molecule has 1 aromatic rings. The van der Waals surface area contributed by atoms with Crippen molar-refractivity contribution < 1.29 is 5.11 Å². The molecule has 1 rings (SSSR count). The van der Waals surface area contributed by atoms with Crippen molar-refractivity contribution in [3.63, 3.8) is 0 Å². The first kappa shape index (κ1) is 12.7. The summed E-state index contributed by atoms with van der Waals surface area (Å²) in [4.78, 5) is 8.54. The zero-order valence-corrected chi connectivity index (χ0v) is 10.1. The van der Waals surface area contributed by atoms with Gasteiger partial charge in [0.2, 0.25) is 5.95 Å². The van der Waals surface area contributed by atoms with Crippen molar-refractivity contribution in [1.82, 2.24) is 9.97 Å². The molecule has 1 aromatic heterocycles. The second-order valence-corrected chi connectivity index (χ2v) is 3.88. The number of aliphatic hydroxyl groups excluding tert-OH is 1. The van der Waals surface area contributed by atoms with Crippen molar-refractivity contribution in [3.05, 3.63) is 11.8 Å². The molecule has 0 aliphatic carbocycles. The van der Waals surface area contributed by atoms with E-state index in [1.165, 1.54) is 0 Å². The van der Waals surface area contributed by atoms with Crippen LogP contribution < -0.4 is 10.6 Å². The maximum absolute atomic E-state index is 8.98. The first-order chi connectivity index (χ1) is 7.67. The fourth-order valence-corrected chi connectivity index (χ4v) is 1.19. The maximum Gasteiger partial charge on any atom is 0.224 e. The molecule has 0 radical (unpaired) electrons. The van der Waals surface area contributed by atoms with E-state index < -0.39 is 0 Å². The van der Waals surface area contributed by atoms with Gasteiger partial charge in [-0.05, 0) is 20.3 Å². The molecule has 0 saturated heterocycles. The van der Waals surface area contributed by atoms with Gasteiger partial charge in [0.05, 0.1) is 6.61 Å². The molecule has 0 saturated carbocycles. The van der Waals surface area contributed by atoms with Gasteiger partial charge in [0.1, 0.15) is 5.82 Å². The number of rotatable bonds is 6. The van der Waals surface area contributed by atoms with Crippen LogP contribution in [0, 0.1) is 6.92 Å². The van der Waals surface area contributed by atoms with E-state index in [9.17, 15) is 0 Å². The number of nitrogens with one attached hydrogen (secondary N) is 2. The summed E-state index contributed by atoms with van der Waals surface area (Å²) in [6.45, 7) is 6.88. The summed E-state index contributed by atoms with van der Waals surface area (Å²) in [7, 11) is 0. The lowest BCUT2D eigenvalue weighted by atomic mass is 10.3. The predicted molar refractivity (Wildman–Crippen MR) is 65.7 cm³/mol. The van der Waals surface area contributed by atoms with Gasteiger partial charge in [-0.15, -0.1) is 0 Å². The molecule has 16 heavy (non-hydrogen) atoms. The largest absolute Gasteiger partial charge is 0.394 e. The molecule has 0 bridgehead atoms. The Morgan fingerprint density at radius 1 is 1.50 bits per heavy atom. The Bertz CT molecular complexity index is 330. The first-order valence-electron chi connectivity index (χ1n) is 5.62. The smallest absolute Gasteiger partial charge is 0.224 e. The predicted octanol–water partition coefficient (Wildman–Crippen LogP) is 1.40. The highest BCUT2D eigenvalue weighted by molar-refractivity contribution is 5.46. The minimum absolute atomic E-state index is 0.00683. The van der Waals surface area contributed by atoms with E-state index in [0.717, 1.165) is 24.3 Å². The van der Waals surface area contributed by atoms with Crippen LogP contribution in [-0.4, -0.2) is 34.3 Å². The van der Waals surface area contributed by atoms with Crippen LogP contribution in [-0.2, 0) is 0 Å². The SMILES string of the molecule is CCCNc1ncc(C)c(NC(C)CO)n1. The van der Waals surface area contributed by atoms with E-state index in [1.54, 1.807) is 6.20 Å². The van der Waals surface area contributed by atoms with Crippen molar-refractivity contribution in [2.75, 3.05) is 23.8 Å². The topological polar surface area (TPSA) is 70.1 Å². The maximum atomic E-state index is 8.98. The molecular formula is C11H20N4O. The van der Waals surface area contributed by atoms with Crippen LogP contribution in [0.25, 0.3) is 0 Å². The van der Waals surface area contributed by atoms with E-state index in [2.05, 4.69) is 27.5 Å². The minimum Gasteiger partial charge on any atom is -0.394 e. The molecular weight excluding hydrogens is 204 g/mol. The summed E-state index contributed by atoms with van der Waals surface area (Å²) in [6, 6.07) is -0.00683. The molecule has 3 N–H and O–H groups in total. The molecule has 0 aliphatic heterocycles. The number of nitrogens with zero attached hydrogens (tertiary/aromatic N) is 2. The highest BCUT2D eigenvalue weighted by Gasteiger charge is 2.06. The zero-order valence-electron chi connectivity index (χ0n) is 10.1. The number of aryl methyl sites for hydroxylation is 1. The van der Waals surface area contributed by atoms with E-state index >= 15 is 0 Å². The minimum atomic E-state index is -0.00683. The lowest BCUT2D eigenvalue weighted by Gasteiger charge is -2.14. The van der Waals surface area contributed by atoms with Gasteiger partial charge in [-0.2, -0.15) is 4.98 Å². The standard InChI is InChI=1S/C11H20N4O/c1-4-5-12-11-13-6-8(2)10(15-11)14-9(3)7-16/h6,9,16H,4-5,7H2,1-3H3,(H2,12,13,14,15). The Kier molecular flexibility index (Phi) is 4.98. The van der Waals surface area contributed by atoms with Crippen LogP contribution in [0.4, 0.5) is 11.8 Å². The third-order valence-corrected chi connectivity index (χ3v) is 2.16. The Labute approximate surface area is 96.3 Å². The third kappa shape index (κ3) is 3.66. The normalized spacial score (nSPS) is 12.2. The van der Waals surface area contributed by atoms with Crippen LogP contribution in [0.1, 0.15) is 25.8 Å². The molecule has 1 heterocycles. The van der Waals surface area contributed by atoms with Gasteiger partial charge in [0.25, 0.3) is 0 Å². The van der Waals surface area contributed by atoms with Gasteiger partial charge in [0, 0.05) is 24.3 Å². The number of hydrogen-bond acceptors (Lipinski definition) is 5. The van der Waals surface area contributed by atoms with Crippen molar-refractivity contribution in [2.45, 2.75) is 33.2 Å². The van der Waals surface area contributed by atoms with Crippen molar-refractivity contribution in [1.29, 1.82) is 0 Å². The molecule has 90 valence electrons. The second-order valence-electron chi connectivity index (χ2n) is 3.88. The summed E-state index contributed by atoms with van der Waals surface area (Å²) in [5, 5.41) is 15.2. The quantitative estimate of drug-likeness (QED) is 0.681. The Balaban J connectivity index is 2.73. The van der Waals surface area contributed by atoms with Gasteiger partial charge in [0.15, 0.2) is 0 Å². The lowest BCUT2D eigenvalue weighted by molar-refractivity contribution is 0.281. The summed E-state index contributed by atoms with van der Waals surface area (Å²) in [6.07, 6.45) is 2.81.